The number of rotatable bonds is 6. The number of thioether (sulfide) groups is 1. The number of hydrogen-bond acceptors (Lipinski definition) is 4. The SMILES string of the molecule is CC(C)S(=O)(=O)CCSC(C)(C)C(=O)O. The second-order valence-corrected chi connectivity index (χ2v) is 8.47. The zero-order chi connectivity index (χ0) is 12.3. The molecule has 4 nitrogen and oxygen atoms in total. The molecule has 0 aliphatic heterocycles. The van der Waals surface area contributed by atoms with Crippen molar-refractivity contribution >= 4 is 27.6 Å². The zero-order valence-electron chi connectivity index (χ0n) is 9.48. The summed E-state index contributed by atoms with van der Waals surface area (Å²) in [5.74, 6) is -0.569. The van der Waals surface area contributed by atoms with Crippen molar-refractivity contribution in [1.29, 1.82) is 0 Å². The Morgan fingerprint density at radius 1 is 1.40 bits per heavy atom. The third-order valence-electron chi connectivity index (χ3n) is 2.06. The average molecular weight is 254 g/mol. The van der Waals surface area contributed by atoms with Gasteiger partial charge in [0.2, 0.25) is 0 Å². The molecular weight excluding hydrogens is 236 g/mol. The van der Waals surface area contributed by atoms with Crippen LogP contribution in [0.25, 0.3) is 0 Å². The maximum absolute atomic E-state index is 11.4. The van der Waals surface area contributed by atoms with Crippen LogP contribution in [0.4, 0.5) is 0 Å². The average Bonchev–Trinajstić information content (AvgIpc) is 2.02. The van der Waals surface area contributed by atoms with Gasteiger partial charge in [0.25, 0.3) is 0 Å². The lowest BCUT2D eigenvalue weighted by atomic mass is 10.2. The molecule has 0 radical (unpaired) electrons. The molecule has 0 aliphatic carbocycles. The summed E-state index contributed by atoms with van der Waals surface area (Å²) >= 11 is 1.15. The Bertz CT molecular complexity index is 317. The zero-order valence-corrected chi connectivity index (χ0v) is 11.1. The van der Waals surface area contributed by atoms with Crippen molar-refractivity contribution in [3.05, 3.63) is 0 Å². The molecule has 0 aromatic heterocycles. The smallest absolute Gasteiger partial charge is 0.319 e. The van der Waals surface area contributed by atoms with E-state index in [9.17, 15) is 13.2 Å². The fraction of sp³-hybridized carbons (Fsp3) is 0.889. The summed E-state index contributed by atoms with van der Waals surface area (Å²) in [4.78, 5) is 10.7. The fourth-order valence-electron chi connectivity index (χ4n) is 0.710. The molecule has 0 saturated carbocycles. The van der Waals surface area contributed by atoms with Gasteiger partial charge in [-0.05, 0) is 27.7 Å². The van der Waals surface area contributed by atoms with E-state index in [1.165, 1.54) is 0 Å². The highest BCUT2D eigenvalue weighted by atomic mass is 32.2. The topological polar surface area (TPSA) is 71.4 Å². The van der Waals surface area contributed by atoms with Gasteiger partial charge in [0, 0.05) is 5.75 Å². The van der Waals surface area contributed by atoms with Crippen LogP contribution in [-0.4, -0.2) is 41.0 Å². The first-order valence-electron chi connectivity index (χ1n) is 4.68. The van der Waals surface area contributed by atoms with Crippen molar-refractivity contribution in [2.45, 2.75) is 37.7 Å². The minimum atomic E-state index is -3.06. The summed E-state index contributed by atoms with van der Waals surface area (Å²) in [6.45, 7) is 6.40. The molecule has 0 spiro atoms. The van der Waals surface area contributed by atoms with E-state index >= 15 is 0 Å². The van der Waals surface area contributed by atoms with E-state index in [4.69, 9.17) is 5.11 Å². The molecule has 0 atom stereocenters. The van der Waals surface area contributed by atoms with Crippen LogP contribution in [-0.2, 0) is 14.6 Å². The molecule has 15 heavy (non-hydrogen) atoms. The Morgan fingerprint density at radius 2 is 1.87 bits per heavy atom. The number of carboxylic acid groups (broad SMARTS) is 1. The van der Waals surface area contributed by atoms with E-state index in [1.807, 2.05) is 0 Å². The van der Waals surface area contributed by atoms with Gasteiger partial charge in [0.05, 0.1) is 11.0 Å². The third-order valence-corrected chi connectivity index (χ3v) is 5.84. The molecule has 0 saturated heterocycles. The first-order valence-corrected chi connectivity index (χ1v) is 7.38. The molecule has 90 valence electrons. The number of carboxylic acids is 1. The van der Waals surface area contributed by atoms with Crippen LogP contribution in [0.15, 0.2) is 0 Å². The maximum atomic E-state index is 11.4. The second-order valence-electron chi connectivity index (χ2n) is 4.08. The lowest BCUT2D eigenvalue weighted by Crippen LogP contribution is -2.29. The number of hydrogen-bond donors (Lipinski definition) is 1. The normalized spacial score (nSPS) is 13.1. The molecule has 6 heteroatoms. The van der Waals surface area contributed by atoms with Crippen LogP contribution in [0.5, 0.6) is 0 Å². The van der Waals surface area contributed by atoms with E-state index in [-0.39, 0.29) is 5.75 Å². The van der Waals surface area contributed by atoms with Crippen molar-refractivity contribution in [2.24, 2.45) is 0 Å². The predicted octanol–water partition coefficient (Wildman–Crippen LogP) is 1.41. The van der Waals surface area contributed by atoms with E-state index in [2.05, 4.69) is 0 Å². The Labute approximate surface area is 95.4 Å². The summed E-state index contributed by atoms with van der Waals surface area (Å²) in [6, 6.07) is 0. The van der Waals surface area contributed by atoms with Gasteiger partial charge in [-0.1, -0.05) is 0 Å². The van der Waals surface area contributed by atoms with Gasteiger partial charge in [-0.3, -0.25) is 4.79 Å². The van der Waals surface area contributed by atoms with Crippen molar-refractivity contribution in [3.63, 3.8) is 0 Å². The molecule has 0 unspecified atom stereocenters. The van der Waals surface area contributed by atoms with Gasteiger partial charge in [-0.25, -0.2) is 8.42 Å². The van der Waals surface area contributed by atoms with E-state index in [0.717, 1.165) is 11.8 Å². The molecule has 1 N–H and O–H groups in total. The van der Waals surface area contributed by atoms with E-state index < -0.39 is 25.8 Å². The minimum absolute atomic E-state index is 0.0338. The van der Waals surface area contributed by atoms with Crippen LogP contribution in [0.3, 0.4) is 0 Å². The number of aliphatic carboxylic acids is 1. The van der Waals surface area contributed by atoms with Crippen LogP contribution in [0.1, 0.15) is 27.7 Å². The number of carbonyl (C=O) groups is 1. The van der Waals surface area contributed by atoms with Gasteiger partial charge in [-0.2, -0.15) is 0 Å². The highest BCUT2D eigenvalue weighted by Crippen LogP contribution is 2.24. The van der Waals surface area contributed by atoms with Crippen LogP contribution >= 0.6 is 11.8 Å². The summed E-state index contributed by atoms with van der Waals surface area (Å²) in [5.41, 5.74) is 0. The molecule has 0 rings (SSSR count). The van der Waals surface area contributed by atoms with Crippen LogP contribution < -0.4 is 0 Å². The molecule has 0 aromatic rings. The molecule has 0 amide bonds. The molecular formula is C9H18O4S2. The van der Waals surface area contributed by atoms with Crippen LogP contribution in [0.2, 0.25) is 0 Å². The first-order chi connectivity index (χ1) is 6.59. The van der Waals surface area contributed by atoms with Crippen molar-refractivity contribution in [2.75, 3.05) is 11.5 Å². The van der Waals surface area contributed by atoms with Gasteiger partial charge in [0.1, 0.15) is 4.75 Å². The fourth-order valence-corrected chi connectivity index (χ4v) is 3.08. The minimum Gasteiger partial charge on any atom is -0.480 e. The van der Waals surface area contributed by atoms with Gasteiger partial charge >= 0.3 is 5.97 Å². The van der Waals surface area contributed by atoms with E-state index in [1.54, 1.807) is 27.7 Å². The summed E-state index contributed by atoms with van der Waals surface area (Å²) in [7, 11) is -3.06. The number of sulfone groups is 1. The first kappa shape index (κ1) is 14.8. The highest BCUT2D eigenvalue weighted by molar-refractivity contribution is 8.02. The second kappa shape index (κ2) is 5.21. The standard InChI is InChI=1S/C9H18O4S2/c1-7(2)15(12,13)6-5-14-9(3,4)8(10)11/h7H,5-6H2,1-4H3,(H,10,11). The Kier molecular flexibility index (Phi) is 5.13. The Hall–Kier alpha value is -0.230. The predicted molar refractivity (Wildman–Crippen MR) is 63.1 cm³/mol. The molecule has 0 heterocycles. The molecule has 0 aromatic carbocycles. The Balaban J connectivity index is 4.17. The largest absolute Gasteiger partial charge is 0.480 e. The van der Waals surface area contributed by atoms with Crippen molar-refractivity contribution < 1.29 is 18.3 Å². The lowest BCUT2D eigenvalue weighted by molar-refractivity contribution is -0.138. The molecule has 0 bridgehead atoms. The van der Waals surface area contributed by atoms with Gasteiger partial charge in [-0.15, -0.1) is 11.8 Å². The summed E-state index contributed by atoms with van der Waals surface area (Å²) in [6.07, 6.45) is 0. The van der Waals surface area contributed by atoms with Crippen molar-refractivity contribution in [1.82, 2.24) is 0 Å². The van der Waals surface area contributed by atoms with E-state index in [0.29, 0.717) is 5.75 Å². The highest BCUT2D eigenvalue weighted by Gasteiger charge is 2.28. The molecule has 0 aliphatic rings. The van der Waals surface area contributed by atoms with Crippen LogP contribution in [0, 0.1) is 0 Å². The third kappa shape index (κ3) is 4.88. The summed E-state index contributed by atoms with van der Waals surface area (Å²) < 4.78 is 21.9. The summed E-state index contributed by atoms with van der Waals surface area (Å²) in [5, 5.41) is 8.41. The van der Waals surface area contributed by atoms with Gasteiger partial charge < -0.3 is 5.11 Å². The monoisotopic (exact) mass is 254 g/mol. The van der Waals surface area contributed by atoms with Gasteiger partial charge in [0.15, 0.2) is 9.84 Å². The maximum Gasteiger partial charge on any atom is 0.319 e. The quantitative estimate of drug-likeness (QED) is 0.776. The Morgan fingerprint density at radius 3 is 2.20 bits per heavy atom. The van der Waals surface area contributed by atoms with Crippen molar-refractivity contribution in [3.8, 4) is 0 Å². The lowest BCUT2D eigenvalue weighted by Gasteiger charge is -2.18. The molecule has 0 fully saturated rings.